The topological polar surface area (TPSA) is 62.7 Å². The minimum Gasteiger partial charge on any atom is -0.496 e. The minimum absolute atomic E-state index is 0.290. The van der Waals surface area contributed by atoms with Gasteiger partial charge in [0.25, 0.3) is 0 Å². The molecule has 1 atom stereocenters. The summed E-state index contributed by atoms with van der Waals surface area (Å²) in [7, 11) is -1.73. The van der Waals surface area contributed by atoms with Crippen LogP contribution in [0.5, 0.6) is 5.75 Å². The number of ether oxygens (including phenoxy) is 1. The molecule has 6 nitrogen and oxygen atoms in total. The lowest BCUT2D eigenvalue weighted by molar-refractivity contribution is 0.346. The van der Waals surface area contributed by atoms with Gasteiger partial charge in [-0.1, -0.05) is 24.6 Å². The third-order valence-corrected chi connectivity index (χ3v) is 7.65. The van der Waals surface area contributed by atoms with Crippen molar-refractivity contribution in [3.8, 4) is 5.75 Å². The molecule has 0 bridgehead atoms. The zero-order valence-electron chi connectivity index (χ0n) is 16.3. The van der Waals surface area contributed by atoms with Crippen molar-refractivity contribution in [2.24, 2.45) is 0 Å². The van der Waals surface area contributed by atoms with Crippen LogP contribution < -0.4 is 9.64 Å². The monoisotopic (exact) mass is 401 g/mol. The van der Waals surface area contributed by atoms with E-state index in [2.05, 4.69) is 16.0 Å². The maximum atomic E-state index is 12.8. The SMILES string of the molecule is COc1ccccc1C1CCN(c2ccc(S(=O)(=O)N3CCCCC3)cn2)C1. The molecule has 2 saturated heterocycles. The standard InChI is InChI=1S/C21H27N3O3S/c1-27-20-8-4-3-7-19(20)17-11-14-23(16-17)21-10-9-18(15-22-21)28(25,26)24-12-5-2-6-13-24/h3-4,7-10,15,17H,2,5-6,11-14,16H2,1H3. The van der Waals surface area contributed by atoms with Crippen LogP contribution in [0.4, 0.5) is 5.82 Å². The molecular weight excluding hydrogens is 374 g/mol. The molecule has 1 aromatic heterocycles. The van der Waals surface area contributed by atoms with Crippen LogP contribution in [0, 0.1) is 0 Å². The largest absolute Gasteiger partial charge is 0.496 e. The van der Waals surface area contributed by atoms with Crippen molar-refractivity contribution in [2.75, 3.05) is 38.2 Å². The van der Waals surface area contributed by atoms with E-state index in [0.717, 1.165) is 50.3 Å². The summed E-state index contributed by atoms with van der Waals surface area (Å²) in [5.74, 6) is 2.13. The van der Waals surface area contributed by atoms with Crippen LogP contribution in [0.25, 0.3) is 0 Å². The molecule has 0 spiro atoms. The molecule has 0 amide bonds. The second-order valence-electron chi connectivity index (χ2n) is 7.49. The summed E-state index contributed by atoms with van der Waals surface area (Å²) >= 11 is 0. The van der Waals surface area contributed by atoms with Crippen LogP contribution in [-0.2, 0) is 10.0 Å². The lowest BCUT2D eigenvalue weighted by Crippen LogP contribution is -2.35. The Hall–Kier alpha value is -2.12. The first-order valence-electron chi connectivity index (χ1n) is 9.93. The fraction of sp³-hybridized carbons (Fsp3) is 0.476. The molecule has 1 unspecified atom stereocenters. The Kier molecular flexibility index (Phi) is 5.55. The lowest BCUT2D eigenvalue weighted by atomic mass is 9.97. The van der Waals surface area contributed by atoms with E-state index in [9.17, 15) is 8.42 Å². The molecule has 0 aliphatic carbocycles. The Morgan fingerprint density at radius 3 is 2.54 bits per heavy atom. The molecule has 0 N–H and O–H groups in total. The van der Waals surface area contributed by atoms with Crippen molar-refractivity contribution in [1.29, 1.82) is 0 Å². The molecule has 0 saturated carbocycles. The maximum absolute atomic E-state index is 12.8. The molecule has 4 rings (SSSR count). The van der Waals surface area contributed by atoms with Gasteiger partial charge in [-0.3, -0.25) is 0 Å². The Balaban J connectivity index is 1.47. The molecule has 0 radical (unpaired) electrons. The van der Waals surface area contributed by atoms with Gasteiger partial charge in [0.2, 0.25) is 10.0 Å². The van der Waals surface area contributed by atoms with E-state index in [1.54, 1.807) is 17.5 Å². The highest BCUT2D eigenvalue weighted by Crippen LogP contribution is 2.35. The molecule has 2 aromatic rings. The van der Waals surface area contributed by atoms with E-state index in [-0.39, 0.29) is 0 Å². The number of aromatic nitrogens is 1. The summed E-state index contributed by atoms with van der Waals surface area (Å²) < 4.78 is 32.7. The van der Waals surface area contributed by atoms with Gasteiger partial charge in [0.05, 0.1) is 7.11 Å². The average Bonchev–Trinajstić information content (AvgIpc) is 3.24. The smallest absolute Gasteiger partial charge is 0.244 e. The number of pyridine rings is 1. The van der Waals surface area contributed by atoms with E-state index in [0.29, 0.717) is 23.9 Å². The predicted molar refractivity (Wildman–Crippen MR) is 109 cm³/mol. The highest BCUT2D eigenvalue weighted by atomic mass is 32.2. The number of benzene rings is 1. The fourth-order valence-electron chi connectivity index (χ4n) is 4.19. The van der Waals surface area contributed by atoms with Crippen molar-refractivity contribution in [3.63, 3.8) is 0 Å². The summed E-state index contributed by atoms with van der Waals surface area (Å²) in [6.45, 7) is 2.97. The Labute approximate surface area is 167 Å². The molecule has 2 aliphatic rings. The summed E-state index contributed by atoms with van der Waals surface area (Å²) in [5, 5.41) is 0. The fourth-order valence-corrected chi connectivity index (χ4v) is 5.66. The number of piperidine rings is 1. The van der Waals surface area contributed by atoms with Crippen LogP contribution in [0.2, 0.25) is 0 Å². The molecular formula is C21H27N3O3S. The number of anilines is 1. The van der Waals surface area contributed by atoms with Gasteiger partial charge >= 0.3 is 0 Å². The van der Waals surface area contributed by atoms with Gasteiger partial charge in [0.1, 0.15) is 16.5 Å². The second kappa shape index (κ2) is 8.09. The summed E-state index contributed by atoms with van der Waals surface area (Å²) in [4.78, 5) is 6.99. The minimum atomic E-state index is -3.43. The average molecular weight is 402 g/mol. The van der Waals surface area contributed by atoms with Gasteiger partial charge in [-0.25, -0.2) is 13.4 Å². The predicted octanol–water partition coefficient (Wildman–Crippen LogP) is 3.26. The summed E-state index contributed by atoms with van der Waals surface area (Å²) in [6, 6.07) is 11.7. The molecule has 150 valence electrons. The summed E-state index contributed by atoms with van der Waals surface area (Å²) in [5.41, 5.74) is 1.22. The Morgan fingerprint density at radius 2 is 1.82 bits per heavy atom. The first kappa shape index (κ1) is 19.2. The number of methoxy groups -OCH3 is 1. The molecule has 7 heteroatoms. The van der Waals surface area contributed by atoms with Crippen molar-refractivity contribution in [3.05, 3.63) is 48.2 Å². The quantitative estimate of drug-likeness (QED) is 0.770. The molecule has 2 aliphatic heterocycles. The number of nitrogens with zero attached hydrogens (tertiary/aromatic N) is 3. The maximum Gasteiger partial charge on any atom is 0.244 e. The normalized spacial score (nSPS) is 21.0. The number of hydrogen-bond donors (Lipinski definition) is 0. The third-order valence-electron chi connectivity index (χ3n) is 5.76. The zero-order chi connectivity index (χ0) is 19.6. The first-order chi connectivity index (χ1) is 13.6. The number of hydrogen-bond acceptors (Lipinski definition) is 5. The van der Waals surface area contributed by atoms with Crippen LogP contribution in [0.1, 0.15) is 37.2 Å². The van der Waals surface area contributed by atoms with E-state index in [1.165, 1.54) is 11.8 Å². The zero-order valence-corrected chi connectivity index (χ0v) is 17.1. The number of sulfonamides is 1. The van der Waals surface area contributed by atoms with Gasteiger partial charge in [-0.05, 0) is 43.0 Å². The van der Waals surface area contributed by atoms with Crippen LogP contribution in [0.15, 0.2) is 47.5 Å². The Morgan fingerprint density at radius 1 is 1.04 bits per heavy atom. The molecule has 3 heterocycles. The highest BCUT2D eigenvalue weighted by molar-refractivity contribution is 7.89. The lowest BCUT2D eigenvalue weighted by Gasteiger charge is -2.26. The highest BCUT2D eigenvalue weighted by Gasteiger charge is 2.29. The van der Waals surface area contributed by atoms with Crippen molar-refractivity contribution in [1.82, 2.24) is 9.29 Å². The van der Waals surface area contributed by atoms with Crippen molar-refractivity contribution < 1.29 is 13.2 Å². The van der Waals surface area contributed by atoms with Crippen LogP contribution in [-0.4, -0.2) is 51.0 Å². The van der Waals surface area contributed by atoms with Gasteiger partial charge < -0.3 is 9.64 Å². The summed E-state index contributed by atoms with van der Waals surface area (Å²) in [6.07, 6.45) is 5.50. The van der Waals surface area contributed by atoms with Gasteiger partial charge in [0, 0.05) is 38.3 Å². The molecule has 1 aromatic carbocycles. The second-order valence-corrected chi connectivity index (χ2v) is 9.43. The van der Waals surface area contributed by atoms with E-state index in [4.69, 9.17) is 4.74 Å². The number of para-hydroxylation sites is 1. The van der Waals surface area contributed by atoms with Gasteiger partial charge in [-0.15, -0.1) is 0 Å². The molecule has 2 fully saturated rings. The van der Waals surface area contributed by atoms with E-state index >= 15 is 0 Å². The van der Waals surface area contributed by atoms with Crippen molar-refractivity contribution in [2.45, 2.75) is 36.5 Å². The van der Waals surface area contributed by atoms with Crippen LogP contribution >= 0.6 is 0 Å². The Bertz CT molecular complexity index is 909. The van der Waals surface area contributed by atoms with E-state index in [1.807, 2.05) is 24.3 Å². The van der Waals surface area contributed by atoms with Crippen LogP contribution in [0.3, 0.4) is 0 Å². The van der Waals surface area contributed by atoms with E-state index < -0.39 is 10.0 Å². The first-order valence-corrected chi connectivity index (χ1v) is 11.4. The van der Waals surface area contributed by atoms with Crippen molar-refractivity contribution >= 4 is 15.8 Å². The van der Waals surface area contributed by atoms with Gasteiger partial charge in [0.15, 0.2) is 0 Å². The molecule has 28 heavy (non-hydrogen) atoms. The third kappa shape index (κ3) is 3.73. The number of rotatable bonds is 5. The van der Waals surface area contributed by atoms with Gasteiger partial charge in [-0.2, -0.15) is 4.31 Å².